The van der Waals surface area contributed by atoms with E-state index >= 15 is 0 Å². The van der Waals surface area contributed by atoms with Gasteiger partial charge in [-0.3, -0.25) is 4.79 Å². The average molecular weight is 311 g/mol. The number of hydrogen-bond donors (Lipinski definition) is 3. The molecule has 116 valence electrons. The minimum atomic E-state index is -3.61. The van der Waals surface area contributed by atoms with Crippen molar-refractivity contribution in [3.8, 4) is 0 Å². The van der Waals surface area contributed by atoms with E-state index in [1.165, 1.54) is 12.1 Å². The maximum absolute atomic E-state index is 12.2. The molecule has 0 radical (unpaired) electrons. The van der Waals surface area contributed by atoms with Gasteiger partial charge in [-0.2, -0.15) is 0 Å². The number of nitrogens with one attached hydrogen (secondary N) is 2. The molecule has 1 saturated heterocycles. The standard InChI is InChI=1S/C14H21N3O3S/c1-10-4-5-12(9-13(10)14(15)18)21(19,20)17-8-6-11-3-2-7-16-11/h4-5,9,11,16-17H,2-3,6-8H2,1H3,(H2,15,18). The lowest BCUT2D eigenvalue weighted by atomic mass is 10.1. The highest BCUT2D eigenvalue weighted by molar-refractivity contribution is 7.89. The summed E-state index contributed by atoms with van der Waals surface area (Å²) in [6, 6.07) is 4.78. The van der Waals surface area contributed by atoms with Crippen LogP contribution in [0.4, 0.5) is 0 Å². The third-order valence-electron chi connectivity index (χ3n) is 3.73. The monoisotopic (exact) mass is 311 g/mol. The maximum atomic E-state index is 12.2. The summed E-state index contributed by atoms with van der Waals surface area (Å²) >= 11 is 0. The first-order chi connectivity index (χ1) is 9.90. The van der Waals surface area contributed by atoms with E-state index in [2.05, 4.69) is 10.0 Å². The van der Waals surface area contributed by atoms with Crippen LogP contribution in [0.5, 0.6) is 0 Å². The van der Waals surface area contributed by atoms with Crippen molar-refractivity contribution < 1.29 is 13.2 Å². The molecule has 21 heavy (non-hydrogen) atoms. The topological polar surface area (TPSA) is 101 Å². The second kappa shape index (κ2) is 6.55. The smallest absolute Gasteiger partial charge is 0.249 e. The molecule has 2 rings (SSSR count). The molecule has 0 bridgehead atoms. The largest absolute Gasteiger partial charge is 0.366 e. The molecule has 0 spiro atoms. The molecule has 0 saturated carbocycles. The molecule has 1 aromatic rings. The number of carbonyl (C=O) groups is 1. The molecular formula is C14H21N3O3S. The van der Waals surface area contributed by atoms with Crippen LogP contribution in [0.2, 0.25) is 0 Å². The van der Waals surface area contributed by atoms with Gasteiger partial charge >= 0.3 is 0 Å². The number of hydrogen-bond acceptors (Lipinski definition) is 4. The van der Waals surface area contributed by atoms with E-state index in [0.29, 0.717) is 18.2 Å². The minimum Gasteiger partial charge on any atom is -0.366 e. The number of sulfonamides is 1. The van der Waals surface area contributed by atoms with Crippen molar-refractivity contribution in [3.05, 3.63) is 29.3 Å². The Kier molecular flexibility index (Phi) is 4.97. The van der Waals surface area contributed by atoms with Gasteiger partial charge in [0.2, 0.25) is 15.9 Å². The summed E-state index contributed by atoms with van der Waals surface area (Å²) in [5, 5.41) is 3.32. The normalized spacial score (nSPS) is 18.8. The number of carbonyl (C=O) groups excluding carboxylic acids is 1. The fourth-order valence-electron chi connectivity index (χ4n) is 2.49. The van der Waals surface area contributed by atoms with E-state index in [4.69, 9.17) is 5.73 Å². The van der Waals surface area contributed by atoms with Crippen molar-refractivity contribution in [3.63, 3.8) is 0 Å². The summed E-state index contributed by atoms with van der Waals surface area (Å²) in [6.45, 7) is 3.09. The van der Waals surface area contributed by atoms with Gasteiger partial charge in [0.15, 0.2) is 0 Å². The van der Waals surface area contributed by atoms with E-state index in [1.807, 2.05) is 0 Å². The van der Waals surface area contributed by atoms with Crippen LogP contribution < -0.4 is 15.8 Å². The van der Waals surface area contributed by atoms with Gasteiger partial charge in [0.1, 0.15) is 0 Å². The number of primary amides is 1. The molecule has 1 heterocycles. The van der Waals surface area contributed by atoms with Gasteiger partial charge in [-0.05, 0) is 50.4 Å². The Balaban J connectivity index is 2.04. The third-order valence-corrected chi connectivity index (χ3v) is 5.19. The molecular weight excluding hydrogens is 290 g/mol. The van der Waals surface area contributed by atoms with Crippen LogP contribution in [0.1, 0.15) is 35.2 Å². The minimum absolute atomic E-state index is 0.0706. The predicted octanol–water partition coefficient (Wildman–Crippen LogP) is 0.514. The summed E-state index contributed by atoms with van der Waals surface area (Å²) in [6.07, 6.45) is 2.98. The first-order valence-electron chi connectivity index (χ1n) is 7.03. The van der Waals surface area contributed by atoms with Crippen molar-refractivity contribution in [1.29, 1.82) is 0 Å². The highest BCUT2D eigenvalue weighted by Crippen LogP contribution is 2.15. The molecule has 0 aliphatic carbocycles. The van der Waals surface area contributed by atoms with Crippen LogP contribution in [0.3, 0.4) is 0 Å². The molecule has 1 unspecified atom stereocenters. The molecule has 1 fully saturated rings. The van der Waals surface area contributed by atoms with Gasteiger partial charge in [-0.25, -0.2) is 13.1 Å². The van der Waals surface area contributed by atoms with Crippen LogP contribution in [0.15, 0.2) is 23.1 Å². The first kappa shape index (κ1) is 15.9. The molecule has 1 aliphatic rings. The molecule has 4 N–H and O–H groups in total. The van der Waals surface area contributed by atoms with E-state index in [1.54, 1.807) is 13.0 Å². The summed E-state index contributed by atoms with van der Waals surface area (Å²) in [7, 11) is -3.61. The van der Waals surface area contributed by atoms with E-state index < -0.39 is 15.9 Å². The molecule has 0 aromatic heterocycles. The van der Waals surface area contributed by atoms with Crippen LogP contribution >= 0.6 is 0 Å². The number of benzene rings is 1. The highest BCUT2D eigenvalue weighted by Gasteiger charge is 2.18. The molecule has 7 heteroatoms. The molecule has 1 aromatic carbocycles. The lowest BCUT2D eigenvalue weighted by Crippen LogP contribution is -2.30. The SMILES string of the molecule is Cc1ccc(S(=O)(=O)NCCC2CCCN2)cc1C(N)=O. The summed E-state index contributed by atoms with van der Waals surface area (Å²) in [5.41, 5.74) is 6.14. The number of rotatable bonds is 6. The summed E-state index contributed by atoms with van der Waals surface area (Å²) in [4.78, 5) is 11.4. The van der Waals surface area contributed by atoms with Crippen molar-refractivity contribution >= 4 is 15.9 Å². The number of aryl methyl sites for hydroxylation is 1. The van der Waals surface area contributed by atoms with Gasteiger partial charge in [-0.1, -0.05) is 6.07 Å². The quantitative estimate of drug-likeness (QED) is 0.712. The Hall–Kier alpha value is -1.44. The van der Waals surface area contributed by atoms with E-state index in [-0.39, 0.29) is 10.5 Å². The number of nitrogens with two attached hydrogens (primary N) is 1. The molecule has 1 atom stereocenters. The van der Waals surface area contributed by atoms with E-state index in [0.717, 1.165) is 25.8 Å². The Labute approximate surface area is 125 Å². The van der Waals surface area contributed by atoms with Crippen LogP contribution in [0, 0.1) is 6.92 Å². The zero-order valence-corrected chi connectivity index (χ0v) is 12.9. The summed E-state index contributed by atoms with van der Waals surface area (Å²) in [5.74, 6) is -0.625. The Bertz CT molecular complexity index is 622. The van der Waals surface area contributed by atoms with Gasteiger partial charge < -0.3 is 11.1 Å². The van der Waals surface area contributed by atoms with Gasteiger partial charge in [0.05, 0.1) is 4.90 Å². The Morgan fingerprint density at radius 3 is 2.86 bits per heavy atom. The second-order valence-corrected chi connectivity index (χ2v) is 7.09. The van der Waals surface area contributed by atoms with Crippen molar-refractivity contribution in [1.82, 2.24) is 10.0 Å². The van der Waals surface area contributed by atoms with Gasteiger partial charge in [-0.15, -0.1) is 0 Å². The van der Waals surface area contributed by atoms with Crippen LogP contribution in [-0.2, 0) is 10.0 Å². The fraction of sp³-hybridized carbons (Fsp3) is 0.500. The third kappa shape index (κ3) is 4.03. The summed E-state index contributed by atoms with van der Waals surface area (Å²) < 4.78 is 27.0. The average Bonchev–Trinajstić information content (AvgIpc) is 2.91. The molecule has 1 amide bonds. The van der Waals surface area contributed by atoms with Crippen molar-refractivity contribution in [2.45, 2.75) is 37.1 Å². The van der Waals surface area contributed by atoms with Crippen LogP contribution in [-0.4, -0.2) is 33.5 Å². The number of amides is 1. The highest BCUT2D eigenvalue weighted by atomic mass is 32.2. The predicted molar refractivity (Wildman–Crippen MR) is 80.5 cm³/mol. The van der Waals surface area contributed by atoms with Gasteiger partial charge in [0, 0.05) is 18.2 Å². The fourth-order valence-corrected chi connectivity index (χ4v) is 3.56. The van der Waals surface area contributed by atoms with Crippen LogP contribution in [0.25, 0.3) is 0 Å². The molecule has 6 nitrogen and oxygen atoms in total. The maximum Gasteiger partial charge on any atom is 0.249 e. The Morgan fingerprint density at radius 1 is 1.48 bits per heavy atom. The van der Waals surface area contributed by atoms with Crippen molar-refractivity contribution in [2.24, 2.45) is 5.73 Å². The second-order valence-electron chi connectivity index (χ2n) is 5.32. The first-order valence-corrected chi connectivity index (χ1v) is 8.52. The molecule has 1 aliphatic heterocycles. The Morgan fingerprint density at radius 2 is 2.24 bits per heavy atom. The zero-order chi connectivity index (χ0) is 15.5. The lowest BCUT2D eigenvalue weighted by Gasteiger charge is -2.12. The van der Waals surface area contributed by atoms with E-state index in [9.17, 15) is 13.2 Å². The zero-order valence-electron chi connectivity index (χ0n) is 12.1. The van der Waals surface area contributed by atoms with Crippen molar-refractivity contribution in [2.75, 3.05) is 13.1 Å². The van der Waals surface area contributed by atoms with Gasteiger partial charge in [0.25, 0.3) is 0 Å². The lowest BCUT2D eigenvalue weighted by molar-refractivity contribution is 0.0999.